The first kappa shape index (κ1) is 10.1. The molecule has 2 heterocycles. The minimum atomic E-state index is -2.81. The Morgan fingerprint density at radius 3 is 2.86 bits per heavy atom. The summed E-state index contributed by atoms with van der Waals surface area (Å²) in [6.07, 6.45) is 1.28. The predicted octanol–water partition coefficient (Wildman–Crippen LogP) is 0.809. The first-order valence-electron chi connectivity index (χ1n) is 4.24. The van der Waals surface area contributed by atoms with Gasteiger partial charge < -0.3 is 4.52 Å². The van der Waals surface area contributed by atoms with Crippen molar-refractivity contribution >= 4 is 25.8 Å². The number of hydrogen-bond donors (Lipinski definition) is 0. The van der Waals surface area contributed by atoms with Crippen molar-refractivity contribution in [3.05, 3.63) is 10.6 Å². The molecule has 0 spiro atoms. The minimum Gasteiger partial charge on any atom is -0.327 e. The molecule has 5 nitrogen and oxygen atoms in total. The molecule has 1 atom stereocenters. The zero-order chi connectivity index (χ0) is 10.2. The largest absolute Gasteiger partial charge is 0.327 e. The highest BCUT2D eigenvalue weighted by molar-refractivity contribution is 9.10. The molecule has 2 rings (SSSR count). The van der Waals surface area contributed by atoms with Crippen molar-refractivity contribution in [3.8, 4) is 0 Å². The van der Waals surface area contributed by atoms with Gasteiger partial charge >= 0.3 is 0 Å². The van der Waals surface area contributed by atoms with Crippen molar-refractivity contribution in [2.45, 2.75) is 12.8 Å². The Kier molecular flexibility index (Phi) is 2.61. The summed E-state index contributed by atoms with van der Waals surface area (Å²) in [5, 5.41) is 3.70. The fourth-order valence-electron chi connectivity index (χ4n) is 1.61. The molecule has 0 saturated carbocycles. The van der Waals surface area contributed by atoms with Crippen molar-refractivity contribution in [1.82, 2.24) is 10.1 Å². The maximum absolute atomic E-state index is 11.2. The number of halogens is 1. The molecule has 0 N–H and O–H groups in total. The number of aromatic nitrogens is 2. The molecule has 0 radical (unpaired) electrons. The standard InChI is InChI=1S/C7H9BrN2O3S/c8-7-9-6(10-13-7)3-5-1-2-14(11,12)4-5/h5H,1-4H2. The molecule has 0 amide bonds. The summed E-state index contributed by atoms with van der Waals surface area (Å²) in [4.78, 5) is 4.31. The smallest absolute Gasteiger partial charge is 0.293 e. The van der Waals surface area contributed by atoms with Gasteiger partial charge in [-0.15, -0.1) is 0 Å². The Morgan fingerprint density at radius 1 is 1.57 bits per heavy atom. The zero-order valence-corrected chi connectivity index (χ0v) is 9.71. The Labute approximate surface area is 89.9 Å². The Hall–Kier alpha value is -0.430. The van der Waals surface area contributed by atoms with Crippen LogP contribution in [0.1, 0.15) is 12.2 Å². The Balaban J connectivity index is 2.00. The molecule has 1 aromatic heterocycles. The summed E-state index contributed by atoms with van der Waals surface area (Å²) >= 11 is 3.05. The van der Waals surface area contributed by atoms with E-state index in [-0.39, 0.29) is 17.4 Å². The molecule has 1 aliphatic rings. The number of rotatable bonds is 2. The van der Waals surface area contributed by atoms with Crippen LogP contribution in [0.25, 0.3) is 0 Å². The third-order valence-electron chi connectivity index (χ3n) is 2.24. The average Bonchev–Trinajstić information content (AvgIpc) is 2.59. The van der Waals surface area contributed by atoms with E-state index in [1.165, 1.54) is 0 Å². The lowest BCUT2D eigenvalue weighted by Gasteiger charge is -2.01. The van der Waals surface area contributed by atoms with Gasteiger partial charge in [0.25, 0.3) is 4.80 Å². The second kappa shape index (κ2) is 3.62. The van der Waals surface area contributed by atoms with Crippen LogP contribution in [0.2, 0.25) is 0 Å². The van der Waals surface area contributed by atoms with Gasteiger partial charge in [0.15, 0.2) is 15.7 Å². The molecule has 1 saturated heterocycles. The van der Waals surface area contributed by atoms with Crippen molar-refractivity contribution in [3.63, 3.8) is 0 Å². The molecule has 7 heteroatoms. The van der Waals surface area contributed by atoms with Crippen LogP contribution in [-0.2, 0) is 16.3 Å². The molecule has 0 aromatic carbocycles. The lowest BCUT2D eigenvalue weighted by Crippen LogP contribution is -2.08. The SMILES string of the molecule is O=S1(=O)CCC(Cc2noc(Br)n2)C1. The molecule has 1 aromatic rings. The van der Waals surface area contributed by atoms with Crippen LogP contribution in [0.4, 0.5) is 0 Å². The third kappa shape index (κ3) is 2.33. The molecule has 14 heavy (non-hydrogen) atoms. The molecule has 0 aliphatic carbocycles. The maximum Gasteiger partial charge on any atom is 0.293 e. The first-order valence-corrected chi connectivity index (χ1v) is 6.85. The van der Waals surface area contributed by atoms with E-state index in [4.69, 9.17) is 4.52 Å². The molecule has 0 bridgehead atoms. The van der Waals surface area contributed by atoms with Crippen LogP contribution in [0, 0.1) is 5.92 Å². The van der Waals surface area contributed by atoms with E-state index < -0.39 is 9.84 Å². The van der Waals surface area contributed by atoms with Crippen LogP contribution >= 0.6 is 15.9 Å². The lowest BCUT2D eigenvalue weighted by molar-refractivity contribution is 0.386. The second-order valence-corrected chi connectivity index (χ2v) is 6.34. The van der Waals surface area contributed by atoms with Gasteiger partial charge in [0, 0.05) is 22.4 Å². The van der Waals surface area contributed by atoms with E-state index in [0.29, 0.717) is 23.5 Å². The molecule has 1 unspecified atom stereocenters. The van der Waals surface area contributed by atoms with Crippen molar-refractivity contribution in [1.29, 1.82) is 0 Å². The topological polar surface area (TPSA) is 73.1 Å². The lowest BCUT2D eigenvalue weighted by atomic mass is 10.1. The quantitative estimate of drug-likeness (QED) is 0.802. The average molecular weight is 281 g/mol. The highest BCUT2D eigenvalue weighted by Gasteiger charge is 2.28. The monoisotopic (exact) mass is 280 g/mol. The van der Waals surface area contributed by atoms with Crippen LogP contribution in [0.15, 0.2) is 9.32 Å². The number of sulfone groups is 1. The van der Waals surface area contributed by atoms with Gasteiger partial charge in [0.1, 0.15) is 0 Å². The van der Waals surface area contributed by atoms with Crippen LogP contribution in [-0.4, -0.2) is 30.1 Å². The summed E-state index contributed by atoms with van der Waals surface area (Å²) in [5.41, 5.74) is 0. The van der Waals surface area contributed by atoms with Crippen LogP contribution in [0.3, 0.4) is 0 Å². The Morgan fingerprint density at radius 2 is 2.36 bits per heavy atom. The van der Waals surface area contributed by atoms with Crippen molar-refractivity contribution in [2.24, 2.45) is 5.92 Å². The van der Waals surface area contributed by atoms with Gasteiger partial charge in [-0.3, -0.25) is 0 Å². The molecule has 78 valence electrons. The fraction of sp³-hybridized carbons (Fsp3) is 0.714. The Bertz CT molecular complexity index is 428. The van der Waals surface area contributed by atoms with E-state index in [1.54, 1.807) is 0 Å². The van der Waals surface area contributed by atoms with Crippen LogP contribution in [0.5, 0.6) is 0 Å². The van der Waals surface area contributed by atoms with Gasteiger partial charge in [0.05, 0.1) is 11.5 Å². The molecular weight excluding hydrogens is 272 g/mol. The van der Waals surface area contributed by atoms with Crippen molar-refractivity contribution in [2.75, 3.05) is 11.5 Å². The summed E-state index contributed by atoms with van der Waals surface area (Å²) in [6, 6.07) is 0. The van der Waals surface area contributed by atoms with E-state index in [0.717, 1.165) is 0 Å². The fourth-order valence-corrected chi connectivity index (χ4v) is 3.75. The minimum absolute atomic E-state index is 0.143. The zero-order valence-electron chi connectivity index (χ0n) is 7.31. The second-order valence-electron chi connectivity index (χ2n) is 3.44. The maximum atomic E-state index is 11.2. The summed E-state index contributed by atoms with van der Waals surface area (Å²) in [7, 11) is -2.81. The van der Waals surface area contributed by atoms with E-state index in [9.17, 15) is 8.42 Å². The van der Waals surface area contributed by atoms with Gasteiger partial charge in [0.2, 0.25) is 0 Å². The number of hydrogen-bond acceptors (Lipinski definition) is 5. The van der Waals surface area contributed by atoms with Gasteiger partial charge in [-0.2, -0.15) is 4.98 Å². The highest BCUT2D eigenvalue weighted by Crippen LogP contribution is 2.21. The number of nitrogens with zero attached hydrogens (tertiary/aromatic N) is 2. The van der Waals surface area contributed by atoms with Crippen molar-refractivity contribution < 1.29 is 12.9 Å². The highest BCUT2D eigenvalue weighted by atomic mass is 79.9. The van der Waals surface area contributed by atoms with Crippen LogP contribution < -0.4 is 0 Å². The predicted molar refractivity (Wildman–Crippen MR) is 52.5 cm³/mol. The summed E-state index contributed by atoms with van der Waals surface area (Å²) in [6.45, 7) is 0. The summed E-state index contributed by atoms with van der Waals surface area (Å²) < 4.78 is 27.1. The van der Waals surface area contributed by atoms with Gasteiger partial charge in [-0.1, -0.05) is 5.16 Å². The molecule has 1 aliphatic heterocycles. The summed E-state index contributed by atoms with van der Waals surface area (Å²) in [5.74, 6) is 1.25. The molecular formula is C7H9BrN2O3S. The van der Waals surface area contributed by atoms with Gasteiger partial charge in [-0.05, 0) is 12.3 Å². The van der Waals surface area contributed by atoms with E-state index >= 15 is 0 Å². The molecule has 1 fully saturated rings. The van der Waals surface area contributed by atoms with E-state index in [2.05, 4.69) is 26.1 Å². The van der Waals surface area contributed by atoms with E-state index in [1.807, 2.05) is 0 Å². The normalized spacial score (nSPS) is 25.4. The first-order chi connectivity index (χ1) is 6.55. The third-order valence-corrected chi connectivity index (χ3v) is 4.40. The van der Waals surface area contributed by atoms with Gasteiger partial charge in [-0.25, -0.2) is 8.42 Å².